The van der Waals surface area contributed by atoms with Crippen molar-refractivity contribution in [2.75, 3.05) is 45.8 Å². The standard InChI is InChI=1S/C33H46ClN5O2/c1-25(2)37-22-30(28-7-9-29(34)10-8-28)31(23-37)32(41)36-17-19-39(20-18-36)33(13-5-4-6-14-33)24-38(26(3)40)21-27-11-15-35-16-12-27/h7-12,15-16,25,30-31H,4-6,13-14,17-24H2,1-3H3/t30-,31+/m1/s1. The number of likely N-dealkylation sites (tertiary alicyclic amines) is 1. The quantitative estimate of drug-likeness (QED) is 0.438. The topological polar surface area (TPSA) is 60.0 Å². The van der Waals surface area contributed by atoms with Crippen LogP contribution < -0.4 is 0 Å². The summed E-state index contributed by atoms with van der Waals surface area (Å²) >= 11 is 6.18. The lowest BCUT2D eigenvalue weighted by molar-refractivity contribution is -0.139. The largest absolute Gasteiger partial charge is 0.340 e. The summed E-state index contributed by atoms with van der Waals surface area (Å²) in [6.45, 7) is 12.4. The Hall–Kier alpha value is -2.48. The summed E-state index contributed by atoms with van der Waals surface area (Å²) in [7, 11) is 0. The van der Waals surface area contributed by atoms with Crippen molar-refractivity contribution in [3.05, 3.63) is 64.9 Å². The molecule has 1 aliphatic carbocycles. The summed E-state index contributed by atoms with van der Waals surface area (Å²) in [4.78, 5) is 40.2. The maximum atomic E-state index is 14.0. The molecule has 2 saturated heterocycles. The van der Waals surface area contributed by atoms with Gasteiger partial charge >= 0.3 is 0 Å². The van der Waals surface area contributed by atoms with E-state index < -0.39 is 0 Å². The van der Waals surface area contributed by atoms with Gasteiger partial charge in [-0.15, -0.1) is 0 Å². The second-order valence-electron chi connectivity index (χ2n) is 12.6. The van der Waals surface area contributed by atoms with Crippen LogP contribution in [-0.2, 0) is 16.1 Å². The summed E-state index contributed by atoms with van der Waals surface area (Å²) in [6, 6.07) is 12.5. The van der Waals surface area contributed by atoms with Crippen LogP contribution in [0.1, 0.15) is 69.9 Å². The van der Waals surface area contributed by atoms with E-state index in [9.17, 15) is 9.59 Å². The molecule has 7 nitrogen and oxygen atoms in total. The van der Waals surface area contributed by atoms with E-state index in [1.54, 1.807) is 19.3 Å². The Bertz CT molecular complexity index is 1160. The first kappa shape index (κ1) is 30.0. The second-order valence-corrected chi connectivity index (χ2v) is 13.1. The fourth-order valence-electron chi connectivity index (χ4n) is 7.32. The number of hydrogen-bond donors (Lipinski definition) is 0. The molecule has 41 heavy (non-hydrogen) atoms. The van der Waals surface area contributed by atoms with Crippen molar-refractivity contribution in [2.24, 2.45) is 5.92 Å². The number of rotatable bonds is 8. The molecule has 0 N–H and O–H groups in total. The lowest BCUT2D eigenvalue weighted by atomic mass is 9.79. The maximum Gasteiger partial charge on any atom is 0.227 e. The van der Waals surface area contributed by atoms with Gasteiger partial charge in [-0.2, -0.15) is 0 Å². The normalized spacial score (nSPS) is 23.6. The summed E-state index contributed by atoms with van der Waals surface area (Å²) in [6.07, 6.45) is 9.43. The third-order valence-electron chi connectivity index (χ3n) is 9.79. The number of benzene rings is 1. The number of piperazine rings is 1. The molecule has 3 aliphatic rings. The molecular weight excluding hydrogens is 534 g/mol. The Morgan fingerprint density at radius 1 is 0.976 bits per heavy atom. The number of hydrogen-bond acceptors (Lipinski definition) is 5. The molecule has 0 radical (unpaired) electrons. The Morgan fingerprint density at radius 2 is 1.63 bits per heavy atom. The van der Waals surface area contributed by atoms with Crippen molar-refractivity contribution < 1.29 is 9.59 Å². The lowest BCUT2D eigenvalue weighted by Crippen LogP contribution is -2.63. The van der Waals surface area contributed by atoms with Gasteiger partial charge in [-0.25, -0.2) is 0 Å². The van der Waals surface area contributed by atoms with E-state index >= 15 is 0 Å². The van der Waals surface area contributed by atoms with Crippen LogP contribution in [-0.4, -0.2) is 93.8 Å². The third kappa shape index (κ3) is 6.95. The summed E-state index contributed by atoms with van der Waals surface area (Å²) in [5.41, 5.74) is 2.28. The van der Waals surface area contributed by atoms with Gasteiger partial charge in [-0.05, 0) is 62.1 Å². The molecule has 2 aromatic rings. The molecule has 0 spiro atoms. The van der Waals surface area contributed by atoms with E-state index in [0.717, 1.165) is 69.2 Å². The van der Waals surface area contributed by atoms with Crippen LogP contribution in [0.3, 0.4) is 0 Å². The predicted octanol–water partition coefficient (Wildman–Crippen LogP) is 5.05. The number of amides is 2. The summed E-state index contributed by atoms with van der Waals surface area (Å²) < 4.78 is 0. The molecule has 1 aromatic carbocycles. The first-order valence-corrected chi connectivity index (χ1v) is 15.8. The number of carbonyl (C=O) groups excluding carboxylic acids is 2. The SMILES string of the molecule is CC(=O)N(Cc1ccncc1)CC1(N2CCN(C(=O)[C@H]3CN(C(C)C)C[C@@H]3c3ccc(Cl)cc3)CC2)CCCCC1. The highest BCUT2D eigenvalue weighted by molar-refractivity contribution is 6.30. The van der Waals surface area contributed by atoms with Gasteiger partial charge in [-0.1, -0.05) is 43.0 Å². The summed E-state index contributed by atoms with van der Waals surface area (Å²) in [5.74, 6) is 0.544. The monoisotopic (exact) mass is 579 g/mol. The summed E-state index contributed by atoms with van der Waals surface area (Å²) in [5, 5.41) is 0.729. The number of pyridine rings is 1. The van der Waals surface area contributed by atoms with E-state index in [-0.39, 0.29) is 29.2 Å². The Kier molecular flexibility index (Phi) is 9.67. The van der Waals surface area contributed by atoms with Crippen LogP contribution in [0.25, 0.3) is 0 Å². The molecule has 3 heterocycles. The van der Waals surface area contributed by atoms with E-state index in [4.69, 9.17) is 11.6 Å². The van der Waals surface area contributed by atoms with Crippen LogP contribution in [0.2, 0.25) is 5.02 Å². The van der Waals surface area contributed by atoms with Crippen molar-refractivity contribution >= 4 is 23.4 Å². The van der Waals surface area contributed by atoms with E-state index in [0.29, 0.717) is 12.6 Å². The van der Waals surface area contributed by atoms with Crippen LogP contribution in [0.5, 0.6) is 0 Å². The number of aromatic nitrogens is 1. The average Bonchev–Trinajstić information content (AvgIpc) is 3.44. The zero-order chi connectivity index (χ0) is 29.0. The minimum atomic E-state index is -0.0395. The second kappa shape index (κ2) is 13.2. The lowest BCUT2D eigenvalue weighted by Gasteiger charge is -2.51. The van der Waals surface area contributed by atoms with E-state index in [1.165, 1.54) is 24.8 Å². The van der Waals surface area contributed by atoms with Crippen molar-refractivity contribution in [2.45, 2.75) is 76.9 Å². The number of halogens is 1. The van der Waals surface area contributed by atoms with Crippen LogP contribution >= 0.6 is 11.6 Å². The zero-order valence-corrected chi connectivity index (χ0v) is 25.7. The van der Waals surface area contributed by atoms with Crippen molar-refractivity contribution in [1.82, 2.24) is 24.6 Å². The van der Waals surface area contributed by atoms with Crippen LogP contribution in [0.15, 0.2) is 48.8 Å². The third-order valence-corrected chi connectivity index (χ3v) is 10.0. The minimum absolute atomic E-state index is 0.0280. The van der Waals surface area contributed by atoms with Gasteiger partial charge < -0.3 is 9.80 Å². The van der Waals surface area contributed by atoms with E-state index in [2.05, 4.69) is 45.7 Å². The highest BCUT2D eigenvalue weighted by Crippen LogP contribution is 2.38. The predicted molar refractivity (Wildman–Crippen MR) is 164 cm³/mol. The zero-order valence-electron chi connectivity index (χ0n) is 25.0. The maximum absolute atomic E-state index is 14.0. The van der Waals surface area contributed by atoms with Gasteiger partial charge in [0.05, 0.1) is 5.92 Å². The van der Waals surface area contributed by atoms with Gasteiger partial charge in [0.2, 0.25) is 11.8 Å². The molecule has 2 atom stereocenters. The molecule has 0 unspecified atom stereocenters. The Balaban J connectivity index is 1.28. The van der Waals surface area contributed by atoms with Gasteiger partial charge in [0.15, 0.2) is 0 Å². The van der Waals surface area contributed by atoms with Crippen LogP contribution in [0.4, 0.5) is 0 Å². The van der Waals surface area contributed by atoms with Crippen molar-refractivity contribution in [1.29, 1.82) is 0 Å². The van der Waals surface area contributed by atoms with Gasteiger partial charge in [-0.3, -0.25) is 24.4 Å². The van der Waals surface area contributed by atoms with E-state index in [1.807, 2.05) is 29.2 Å². The highest BCUT2D eigenvalue weighted by atomic mass is 35.5. The molecule has 5 rings (SSSR count). The van der Waals surface area contributed by atoms with Gasteiger partial charge in [0.1, 0.15) is 0 Å². The van der Waals surface area contributed by atoms with Gasteiger partial charge in [0.25, 0.3) is 0 Å². The molecule has 1 aromatic heterocycles. The molecule has 2 aliphatic heterocycles. The molecular formula is C33H46ClN5O2. The first-order valence-electron chi connectivity index (χ1n) is 15.4. The Morgan fingerprint density at radius 3 is 2.24 bits per heavy atom. The number of carbonyl (C=O) groups is 2. The average molecular weight is 580 g/mol. The molecule has 2 amide bonds. The molecule has 3 fully saturated rings. The molecule has 1 saturated carbocycles. The van der Waals surface area contributed by atoms with Crippen molar-refractivity contribution in [3.63, 3.8) is 0 Å². The van der Waals surface area contributed by atoms with Crippen molar-refractivity contribution in [3.8, 4) is 0 Å². The minimum Gasteiger partial charge on any atom is -0.340 e. The highest BCUT2D eigenvalue weighted by Gasteiger charge is 2.44. The smallest absolute Gasteiger partial charge is 0.227 e. The van der Waals surface area contributed by atoms with Gasteiger partial charge in [0, 0.05) is 94.2 Å². The fraction of sp³-hybridized carbons (Fsp3) is 0.606. The van der Waals surface area contributed by atoms with Crippen LogP contribution in [0, 0.1) is 5.92 Å². The fourth-order valence-corrected chi connectivity index (χ4v) is 7.44. The first-order chi connectivity index (χ1) is 19.8. The molecule has 8 heteroatoms. The molecule has 222 valence electrons. The molecule has 0 bridgehead atoms. The number of nitrogens with zero attached hydrogens (tertiary/aromatic N) is 5. The Labute approximate surface area is 250 Å².